The molecule has 0 spiro atoms. The summed E-state index contributed by atoms with van der Waals surface area (Å²) < 4.78 is 5.42. The zero-order chi connectivity index (χ0) is 14.7. The fraction of sp³-hybridized carbons (Fsp3) is 0.438. The van der Waals surface area contributed by atoms with E-state index in [2.05, 4.69) is 32.2 Å². The van der Waals surface area contributed by atoms with E-state index in [1.807, 2.05) is 12.1 Å². The first kappa shape index (κ1) is 14.9. The maximum absolute atomic E-state index is 6.28. The van der Waals surface area contributed by atoms with Gasteiger partial charge in [0.2, 0.25) is 0 Å². The molecular formula is C16H21ClN2O. The summed E-state index contributed by atoms with van der Waals surface area (Å²) in [4.78, 5) is 4.72. The number of aromatic nitrogens is 1. The fourth-order valence-corrected chi connectivity index (χ4v) is 2.43. The van der Waals surface area contributed by atoms with Gasteiger partial charge in [0, 0.05) is 11.9 Å². The molecule has 2 aromatic rings. The quantitative estimate of drug-likeness (QED) is 0.856. The van der Waals surface area contributed by atoms with Crippen LogP contribution in [0.5, 0.6) is 5.75 Å². The predicted molar refractivity (Wildman–Crippen MR) is 86.2 cm³/mol. The third-order valence-electron chi connectivity index (χ3n) is 3.31. The van der Waals surface area contributed by atoms with E-state index in [9.17, 15) is 0 Å². The Labute approximate surface area is 125 Å². The highest BCUT2D eigenvalue weighted by Gasteiger charge is 2.14. The zero-order valence-corrected chi connectivity index (χ0v) is 13.2. The number of ether oxygens (including phenoxy) is 1. The minimum atomic E-state index is 0.384. The molecule has 2 rings (SSSR count). The van der Waals surface area contributed by atoms with E-state index in [1.165, 1.54) is 5.56 Å². The lowest BCUT2D eigenvalue weighted by atomic mass is 10.0. The van der Waals surface area contributed by atoms with Crippen LogP contribution in [-0.4, -0.2) is 18.6 Å². The minimum Gasteiger partial charge on any atom is -0.496 e. The van der Waals surface area contributed by atoms with Crippen LogP contribution in [0, 0.1) is 0 Å². The van der Waals surface area contributed by atoms with Gasteiger partial charge in [-0.3, -0.25) is 0 Å². The fourth-order valence-electron chi connectivity index (χ4n) is 2.22. The normalized spacial score (nSPS) is 11.1. The maximum Gasteiger partial charge on any atom is 0.130 e. The molecule has 0 aliphatic rings. The Balaban J connectivity index is 2.67. The van der Waals surface area contributed by atoms with Gasteiger partial charge in [-0.1, -0.05) is 32.4 Å². The molecular weight excluding hydrogens is 272 g/mol. The number of methoxy groups -OCH3 is 1. The number of pyridine rings is 1. The molecule has 108 valence electrons. The van der Waals surface area contributed by atoms with Crippen LogP contribution in [0.2, 0.25) is 5.02 Å². The Bertz CT molecular complexity index is 611. The van der Waals surface area contributed by atoms with Crippen LogP contribution in [0.3, 0.4) is 0 Å². The van der Waals surface area contributed by atoms with Crippen molar-refractivity contribution in [3.8, 4) is 5.75 Å². The van der Waals surface area contributed by atoms with Crippen LogP contribution >= 0.6 is 11.6 Å². The molecule has 0 amide bonds. The van der Waals surface area contributed by atoms with Crippen molar-refractivity contribution in [2.75, 3.05) is 19.0 Å². The second kappa shape index (κ2) is 6.31. The van der Waals surface area contributed by atoms with Gasteiger partial charge in [-0.2, -0.15) is 0 Å². The molecule has 4 heteroatoms. The molecule has 0 saturated heterocycles. The molecule has 0 unspecified atom stereocenters. The number of anilines is 1. The van der Waals surface area contributed by atoms with Crippen molar-refractivity contribution >= 4 is 28.3 Å². The number of nitrogens with one attached hydrogen (secondary N) is 1. The average molecular weight is 293 g/mol. The lowest BCUT2D eigenvalue weighted by Crippen LogP contribution is -2.07. The van der Waals surface area contributed by atoms with E-state index in [0.717, 1.165) is 35.4 Å². The summed E-state index contributed by atoms with van der Waals surface area (Å²) in [6, 6.07) is 5.85. The lowest BCUT2D eigenvalue weighted by molar-refractivity contribution is 0.419. The third-order valence-corrected chi connectivity index (χ3v) is 3.61. The smallest absolute Gasteiger partial charge is 0.130 e. The summed E-state index contributed by atoms with van der Waals surface area (Å²) in [6.07, 6.45) is 1.06. The molecule has 0 saturated carbocycles. The highest BCUT2D eigenvalue weighted by molar-refractivity contribution is 6.35. The van der Waals surface area contributed by atoms with Crippen molar-refractivity contribution in [1.82, 2.24) is 4.98 Å². The van der Waals surface area contributed by atoms with Gasteiger partial charge in [0.25, 0.3) is 0 Å². The first-order valence-electron chi connectivity index (χ1n) is 6.99. The van der Waals surface area contributed by atoms with Crippen LogP contribution in [0.15, 0.2) is 18.2 Å². The maximum atomic E-state index is 6.28. The van der Waals surface area contributed by atoms with Crippen molar-refractivity contribution in [3.63, 3.8) is 0 Å². The lowest BCUT2D eigenvalue weighted by Gasteiger charge is -2.16. The van der Waals surface area contributed by atoms with E-state index in [4.69, 9.17) is 21.3 Å². The number of nitrogens with zero attached hydrogens (tertiary/aromatic N) is 1. The Hall–Kier alpha value is -1.48. The van der Waals surface area contributed by atoms with E-state index in [-0.39, 0.29) is 0 Å². The van der Waals surface area contributed by atoms with Gasteiger partial charge in [0.1, 0.15) is 11.6 Å². The molecule has 0 radical (unpaired) electrons. The van der Waals surface area contributed by atoms with Crippen molar-refractivity contribution in [2.45, 2.75) is 33.1 Å². The Morgan fingerprint density at radius 3 is 2.70 bits per heavy atom. The van der Waals surface area contributed by atoms with E-state index < -0.39 is 0 Å². The largest absolute Gasteiger partial charge is 0.496 e. The van der Waals surface area contributed by atoms with Crippen LogP contribution in [0.1, 0.15) is 38.7 Å². The Kier molecular flexibility index (Phi) is 4.71. The molecule has 3 nitrogen and oxygen atoms in total. The van der Waals surface area contributed by atoms with Crippen LogP contribution < -0.4 is 10.1 Å². The second-order valence-electron chi connectivity index (χ2n) is 5.15. The summed E-state index contributed by atoms with van der Waals surface area (Å²) in [7, 11) is 1.67. The molecule has 20 heavy (non-hydrogen) atoms. The number of hydrogen-bond donors (Lipinski definition) is 1. The molecule has 0 aliphatic heterocycles. The number of fused-ring (bicyclic) bond motifs is 1. The summed E-state index contributed by atoms with van der Waals surface area (Å²) in [5.41, 5.74) is 1.97. The topological polar surface area (TPSA) is 34.2 Å². The van der Waals surface area contributed by atoms with Gasteiger partial charge in [-0.05, 0) is 36.1 Å². The Morgan fingerprint density at radius 1 is 1.35 bits per heavy atom. The summed E-state index contributed by atoms with van der Waals surface area (Å²) >= 11 is 6.28. The summed E-state index contributed by atoms with van der Waals surface area (Å²) in [5.74, 6) is 2.11. The molecule has 0 aliphatic carbocycles. The highest BCUT2D eigenvalue weighted by atomic mass is 35.5. The first-order chi connectivity index (χ1) is 9.58. The zero-order valence-electron chi connectivity index (χ0n) is 12.5. The number of halogens is 1. The summed E-state index contributed by atoms with van der Waals surface area (Å²) in [6.45, 7) is 7.37. The predicted octanol–water partition coefficient (Wildman–Crippen LogP) is 4.84. The average Bonchev–Trinajstić information content (AvgIpc) is 2.45. The van der Waals surface area contributed by atoms with Gasteiger partial charge >= 0.3 is 0 Å². The van der Waals surface area contributed by atoms with E-state index >= 15 is 0 Å². The third kappa shape index (κ3) is 2.83. The molecule has 1 N–H and O–H groups in total. The van der Waals surface area contributed by atoms with Gasteiger partial charge < -0.3 is 10.1 Å². The van der Waals surface area contributed by atoms with Gasteiger partial charge in [0.15, 0.2) is 0 Å². The summed E-state index contributed by atoms with van der Waals surface area (Å²) in [5, 5.41) is 5.00. The molecule has 0 fully saturated rings. The number of rotatable bonds is 5. The van der Waals surface area contributed by atoms with Crippen molar-refractivity contribution in [2.24, 2.45) is 0 Å². The monoisotopic (exact) mass is 292 g/mol. The van der Waals surface area contributed by atoms with Gasteiger partial charge in [-0.25, -0.2) is 4.98 Å². The number of benzene rings is 1. The van der Waals surface area contributed by atoms with Gasteiger partial charge in [-0.15, -0.1) is 0 Å². The van der Waals surface area contributed by atoms with Crippen LogP contribution in [0.4, 0.5) is 5.82 Å². The standard InChI is InChI=1S/C16H21ClN2O/c1-5-8-18-16-11(10(2)3)9-12-14(20-4)7-6-13(17)15(12)19-16/h6-7,9-10H,5,8H2,1-4H3,(H,18,19). The molecule has 1 aromatic carbocycles. The van der Waals surface area contributed by atoms with Crippen molar-refractivity contribution in [3.05, 3.63) is 28.8 Å². The minimum absolute atomic E-state index is 0.384. The molecule has 1 heterocycles. The van der Waals surface area contributed by atoms with Crippen LogP contribution in [-0.2, 0) is 0 Å². The van der Waals surface area contributed by atoms with E-state index in [1.54, 1.807) is 7.11 Å². The van der Waals surface area contributed by atoms with Gasteiger partial charge in [0.05, 0.1) is 17.6 Å². The Morgan fingerprint density at radius 2 is 2.10 bits per heavy atom. The second-order valence-corrected chi connectivity index (χ2v) is 5.56. The molecule has 0 atom stereocenters. The molecule has 0 bridgehead atoms. The molecule has 1 aromatic heterocycles. The van der Waals surface area contributed by atoms with Crippen molar-refractivity contribution < 1.29 is 4.74 Å². The SMILES string of the molecule is CCCNc1nc2c(Cl)ccc(OC)c2cc1C(C)C. The van der Waals surface area contributed by atoms with Crippen LogP contribution in [0.25, 0.3) is 10.9 Å². The van der Waals surface area contributed by atoms with E-state index in [0.29, 0.717) is 10.9 Å². The highest BCUT2D eigenvalue weighted by Crippen LogP contribution is 2.35. The number of hydrogen-bond acceptors (Lipinski definition) is 3. The first-order valence-corrected chi connectivity index (χ1v) is 7.37. The van der Waals surface area contributed by atoms with Crippen molar-refractivity contribution in [1.29, 1.82) is 0 Å².